The number of piperazine rings is 1. The van der Waals surface area contributed by atoms with Crippen LogP contribution in [0.15, 0.2) is 36.4 Å². The molecular weight excluding hydrogens is 354 g/mol. The highest BCUT2D eigenvalue weighted by atomic mass is 16.5. The predicted octanol–water partition coefficient (Wildman–Crippen LogP) is -0.813. The first kappa shape index (κ1) is 22.1. The minimum atomic E-state index is -0.558. The number of rotatable bonds is 9. The Balaban J connectivity index is 1.73. The van der Waals surface area contributed by atoms with Crippen LogP contribution in [0.2, 0.25) is 0 Å². The van der Waals surface area contributed by atoms with Gasteiger partial charge in [-0.25, -0.2) is 4.79 Å². The van der Waals surface area contributed by atoms with Crippen molar-refractivity contribution in [3.8, 4) is 0 Å². The van der Waals surface area contributed by atoms with Crippen molar-refractivity contribution in [1.29, 1.82) is 0 Å². The Hall–Kier alpha value is -2.18. The molecule has 0 radical (unpaired) electrons. The number of hydrogen-bond acceptors (Lipinski definition) is 3. The van der Waals surface area contributed by atoms with Crippen LogP contribution in [0.3, 0.4) is 0 Å². The number of methoxy groups -OCH3 is 1. The largest absolute Gasteiger partial charge is 0.467 e. The molecule has 1 saturated heterocycles. The van der Waals surface area contributed by atoms with Gasteiger partial charge < -0.3 is 19.9 Å². The zero-order valence-corrected chi connectivity index (χ0v) is 17.4. The summed E-state index contributed by atoms with van der Waals surface area (Å²) in [5.41, 5.74) is 1.23. The van der Waals surface area contributed by atoms with Gasteiger partial charge in [0.25, 0.3) is 5.91 Å². The third kappa shape index (κ3) is 7.09. The van der Waals surface area contributed by atoms with Gasteiger partial charge in [0.05, 0.1) is 13.7 Å². The molecule has 1 aromatic carbocycles. The first-order valence-corrected chi connectivity index (χ1v) is 10.3. The molecule has 2 atom stereocenters. The monoisotopic (exact) mass is 389 g/mol. The standard InChI is InChI=1S/C22H33N3O3/c1-4-18(2)21(22(27)28-3)23-20(26)17-25-15-13-24(14-16-25)12-8-11-19-9-6-5-7-10-19/h5-11,18,21H,4,12-17H2,1-3H3,(H,23,26)/p+2/b11-8+/t18-,21-/m0/s1. The number of ether oxygens (including phenoxy) is 1. The predicted molar refractivity (Wildman–Crippen MR) is 110 cm³/mol. The lowest BCUT2D eigenvalue weighted by molar-refractivity contribution is -1.01. The van der Waals surface area contributed by atoms with Crippen LogP contribution in [0.25, 0.3) is 6.08 Å². The summed E-state index contributed by atoms with van der Waals surface area (Å²) in [4.78, 5) is 27.2. The second-order valence-electron chi connectivity index (χ2n) is 7.65. The minimum absolute atomic E-state index is 0.0593. The first-order chi connectivity index (χ1) is 13.5. The molecule has 2 rings (SSSR count). The summed E-state index contributed by atoms with van der Waals surface area (Å²) in [7, 11) is 1.36. The molecule has 0 unspecified atom stereocenters. The van der Waals surface area contributed by atoms with Crippen molar-refractivity contribution >= 4 is 18.0 Å². The smallest absolute Gasteiger partial charge is 0.328 e. The highest BCUT2D eigenvalue weighted by Gasteiger charge is 2.29. The van der Waals surface area contributed by atoms with Gasteiger partial charge >= 0.3 is 5.97 Å². The molecule has 0 spiro atoms. The average Bonchev–Trinajstić information content (AvgIpc) is 2.73. The van der Waals surface area contributed by atoms with Crippen LogP contribution in [0.4, 0.5) is 0 Å². The van der Waals surface area contributed by atoms with Crippen LogP contribution in [0.5, 0.6) is 0 Å². The molecule has 0 aliphatic carbocycles. The molecule has 0 saturated carbocycles. The Kier molecular flexibility index (Phi) is 9.17. The Labute approximate surface area is 168 Å². The molecule has 6 heteroatoms. The fourth-order valence-electron chi connectivity index (χ4n) is 3.51. The zero-order valence-electron chi connectivity index (χ0n) is 17.4. The number of benzene rings is 1. The maximum absolute atomic E-state index is 12.4. The fraction of sp³-hybridized carbons (Fsp3) is 0.545. The lowest BCUT2D eigenvalue weighted by Crippen LogP contribution is -3.28. The summed E-state index contributed by atoms with van der Waals surface area (Å²) >= 11 is 0. The Bertz CT molecular complexity index is 640. The molecule has 1 aromatic rings. The summed E-state index contributed by atoms with van der Waals surface area (Å²) in [5.74, 6) is -0.376. The molecule has 0 aromatic heterocycles. The second kappa shape index (κ2) is 11.6. The summed E-state index contributed by atoms with van der Waals surface area (Å²) < 4.78 is 4.84. The van der Waals surface area contributed by atoms with E-state index in [1.54, 1.807) is 4.90 Å². The van der Waals surface area contributed by atoms with E-state index in [0.717, 1.165) is 39.1 Å². The van der Waals surface area contributed by atoms with Gasteiger partial charge in [0.2, 0.25) is 0 Å². The molecule has 154 valence electrons. The van der Waals surface area contributed by atoms with Crippen molar-refractivity contribution in [2.45, 2.75) is 26.3 Å². The number of hydrogen-bond donors (Lipinski definition) is 3. The third-order valence-corrected chi connectivity index (χ3v) is 5.58. The van der Waals surface area contributed by atoms with Crippen LogP contribution < -0.4 is 15.1 Å². The maximum Gasteiger partial charge on any atom is 0.328 e. The molecule has 0 bridgehead atoms. The normalized spacial score (nSPS) is 21.8. The van der Waals surface area contributed by atoms with Crippen molar-refractivity contribution in [2.24, 2.45) is 5.92 Å². The lowest BCUT2D eigenvalue weighted by atomic mass is 9.99. The van der Waals surface area contributed by atoms with Crippen molar-refractivity contribution in [3.63, 3.8) is 0 Å². The Morgan fingerprint density at radius 3 is 2.39 bits per heavy atom. The van der Waals surface area contributed by atoms with E-state index in [4.69, 9.17) is 4.74 Å². The number of amides is 1. The highest BCUT2D eigenvalue weighted by molar-refractivity contribution is 5.85. The number of carbonyl (C=O) groups is 2. The summed E-state index contributed by atoms with van der Waals surface area (Å²) in [6.07, 6.45) is 5.21. The second-order valence-corrected chi connectivity index (χ2v) is 7.65. The van der Waals surface area contributed by atoms with Gasteiger partial charge in [0.15, 0.2) is 6.54 Å². The lowest BCUT2D eigenvalue weighted by Gasteiger charge is -2.29. The molecule has 1 aliphatic rings. The molecule has 28 heavy (non-hydrogen) atoms. The van der Waals surface area contributed by atoms with Gasteiger partial charge in [-0.1, -0.05) is 56.7 Å². The van der Waals surface area contributed by atoms with E-state index in [1.165, 1.54) is 17.6 Å². The minimum Gasteiger partial charge on any atom is -0.467 e. The van der Waals surface area contributed by atoms with E-state index in [0.29, 0.717) is 6.54 Å². The average molecular weight is 390 g/mol. The maximum atomic E-state index is 12.4. The van der Waals surface area contributed by atoms with Gasteiger partial charge in [0.1, 0.15) is 32.2 Å². The van der Waals surface area contributed by atoms with Crippen molar-refractivity contribution in [1.82, 2.24) is 5.32 Å². The molecule has 3 N–H and O–H groups in total. The Morgan fingerprint density at radius 2 is 1.79 bits per heavy atom. The van der Waals surface area contributed by atoms with Crippen molar-refractivity contribution in [2.75, 3.05) is 46.4 Å². The number of carbonyl (C=O) groups excluding carboxylic acids is 2. The molecule has 1 amide bonds. The quantitative estimate of drug-likeness (QED) is 0.484. The third-order valence-electron chi connectivity index (χ3n) is 5.58. The highest BCUT2D eigenvalue weighted by Crippen LogP contribution is 2.08. The van der Waals surface area contributed by atoms with Crippen molar-refractivity contribution in [3.05, 3.63) is 42.0 Å². The molecule has 6 nitrogen and oxygen atoms in total. The fourth-order valence-corrected chi connectivity index (χ4v) is 3.51. The number of quaternary nitrogens is 2. The molecule has 1 aliphatic heterocycles. The topological polar surface area (TPSA) is 64.3 Å². The molecule has 1 heterocycles. The zero-order chi connectivity index (χ0) is 20.4. The van der Waals surface area contributed by atoms with E-state index in [9.17, 15) is 9.59 Å². The van der Waals surface area contributed by atoms with Crippen LogP contribution in [-0.4, -0.2) is 64.3 Å². The number of esters is 1. The van der Waals surface area contributed by atoms with E-state index in [2.05, 4.69) is 29.6 Å². The summed E-state index contributed by atoms with van der Waals surface area (Å²) in [6.45, 7) is 9.42. The van der Waals surface area contributed by atoms with E-state index < -0.39 is 6.04 Å². The van der Waals surface area contributed by atoms with E-state index in [1.807, 2.05) is 32.0 Å². The van der Waals surface area contributed by atoms with E-state index in [-0.39, 0.29) is 17.8 Å². The van der Waals surface area contributed by atoms with Crippen LogP contribution in [0.1, 0.15) is 25.8 Å². The van der Waals surface area contributed by atoms with E-state index >= 15 is 0 Å². The number of nitrogens with one attached hydrogen (secondary N) is 3. The van der Waals surface area contributed by atoms with Gasteiger partial charge in [0, 0.05) is 0 Å². The SMILES string of the molecule is CC[C@H](C)[C@H](NC(=O)C[NH+]1CC[NH+](C/C=C/c2ccccc2)CC1)C(=O)OC. The van der Waals surface area contributed by atoms with Crippen LogP contribution >= 0.6 is 0 Å². The summed E-state index contributed by atoms with van der Waals surface area (Å²) in [6, 6.07) is 9.77. The van der Waals surface area contributed by atoms with Crippen molar-refractivity contribution < 1.29 is 24.1 Å². The van der Waals surface area contributed by atoms with Crippen LogP contribution in [-0.2, 0) is 14.3 Å². The molecule has 1 fully saturated rings. The first-order valence-electron chi connectivity index (χ1n) is 10.3. The van der Waals surface area contributed by atoms with Gasteiger partial charge in [-0.2, -0.15) is 0 Å². The molecular formula is C22H35N3O3+2. The van der Waals surface area contributed by atoms with Gasteiger partial charge in [-0.15, -0.1) is 0 Å². The Morgan fingerprint density at radius 1 is 1.14 bits per heavy atom. The van der Waals surface area contributed by atoms with Crippen LogP contribution in [0, 0.1) is 5.92 Å². The van der Waals surface area contributed by atoms with Gasteiger partial charge in [-0.3, -0.25) is 4.79 Å². The van der Waals surface area contributed by atoms with Gasteiger partial charge in [-0.05, 0) is 17.6 Å². The summed E-state index contributed by atoms with van der Waals surface area (Å²) in [5, 5.41) is 2.88.